The lowest BCUT2D eigenvalue weighted by atomic mass is 10.1. The normalized spacial score (nSPS) is 20.6. The third-order valence-corrected chi connectivity index (χ3v) is 3.72. The average Bonchev–Trinajstić information content (AvgIpc) is 2.79. The van der Waals surface area contributed by atoms with Crippen molar-refractivity contribution >= 4 is 0 Å². The van der Waals surface area contributed by atoms with Crippen LogP contribution in [0.2, 0.25) is 0 Å². The molecule has 1 rings (SSSR count). The highest BCUT2D eigenvalue weighted by atomic mass is 15.1. The van der Waals surface area contributed by atoms with Gasteiger partial charge in [0.05, 0.1) is 0 Å². The van der Waals surface area contributed by atoms with Crippen LogP contribution in [0.1, 0.15) is 39.0 Å². The highest BCUT2D eigenvalue weighted by Gasteiger charge is 2.13. The molecule has 3 heteroatoms. The summed E-state index contributed by atoms with van der Waals surface area (Å²) in [4.78, 5) is 4.87. The Bertz CT molecular complexity index is 176. The second-order valence-corrected chi connectivity index (χ2v) is 5.53. The summed E-state index contributed by atoms with van der Waals surface area (Å²) in [6.07, 6.45) is 6.79. The van der Waals surface area contributed by atoms with E-state index in [0.29, 0.717) is 0 Å². The van der Waals surface area contributed by atoms with Gasteiger partial charge in [0.1, 0.15) is 0 Å². The SMILES string of the molecule is CCN(CCCC1CCCN1)CCCN(C)C. The first-order valence-electron chi connectivity index (χ1n) is 7.33. The number of rotatable bonds is 9. The van der Waals surface area contributed by atoms with E-state index in [1.165, 1.54) is 64.8 Å². The first-order valence-corrected chi connectivity index (χ1v) is 7.33. The fraction of sp³-hybridized carbons (Fsp3) is 1.00. The lowest BCUT2D eigenvalue weighted by Gasteiger charge is -2.22. The lowest BCUT2D eigenvalue weighted by Crippen LogP contribution is -2.29. The van der Waals surface area contributed by atoms with E-state index in [9.17, 15) is 0 Å². The van der Waals surface area contributed by atoms with E-state index in [-0.39, 0.29) is 0 Å². The molecule has 102 valence electrons. The van der Waals surface area contributed by atoms with Gasteiger partial charge in [-0.2, -0.15) is 0 Å². The van der Waals surface area contributed by atoms with E-state index in [1.807, 2.05) is 0 Å². The molecule has 0 saturated carbocycles. The Morgan fingerprint density at radius 3 is 2.47 bits per heavy atom. The van der Waals surface area contributed by atoms with Crippen molar-refractivity contribution in [1.29, 1.82) is 0 Å². The molecular formula is C14H31N3. The van der Waals surface area contributed by atoms with Crippen molar-refractivity contribution in [2.24, 2.45) is 0 Å². The Balaban J connectivity index is 2.01. The van der Waals surface area contributed by atoms with Crippen LogP contribution in [0.4, 0.5) is 0 Å². The largest absolute Gasteiger partial charge is 0.314 e. The van der Waals surface area contributed by atoms with Crippen molar-refractivity contribution in [1.82, 2.24) is 15.1 Å². The molecule has 0 aromatic carbocycles. The van der Waals surface area contributed by atoms with Gasteiger partial charge in [0.25, 0.3) is 0 Å². The van der Waals surface area contributed by atoms with Crippen molar-refractivity contribution in [3.63, 3.8) is 0 Å². The van der Waals surface area contributed by atoms with Crippen LogP contribution in [-0.4, -0.2) is 62.7 Å². The first kappa shape index (κ1) is 14.9. The molecule has 0 spiro atoms. The molecule has 0 aromatic heterocycles. The van der Waals surface area contributed by atoms with Crippen LogP contribution < -0.4 is 5.32 Å². The lowest BCUT2D eigenvalue weighted by molar-refractivity contribution is 0.258. The molecule has 3 nitrogen and oxygen atoms in total. The zero-order valence-corrected chi connectivity index (χ0v) is 12.0. The van der Waals surface area contributed by atoms with Gasteiger partial charge in [0.2, 0.25) is 0 Å². The van der Waals surface area contributed by atoms with E-state index in [2.05, 4.69) is 36.1 Å². The van der Waals surface area contributed by atoms with Gasteiger partial charge in [0.15, 0.2) is 0 Å². The molecule has 0 bridgehead atoms. The van der Waals surface area contributed by atoms with Gasteiger partial charge >= 0.3 is 0 Å². The third-order valence-electron chi connectivity index (χ3n) is 3.72. The molecular weight excluding hydrogens is 210 g/mol. The van der Waals surface area contributed by atoms with Crippen LogP contribution >= 0.6 is 0 Å². The second kappa shape index (κ2) is 8.90. The zero-order chi connectivity index (χ0) is 12.5. The molecule has 1 N–H and O–H groups in total. The molecule has 17 heavy (non-hydrogen) atoms. The summed E-state index contributed by atoms with van der Waals surface area (Å²) in [6.45, 7) is 8.47. The van der Waals surface area contributed by atoms with Crippen LogP contribution in [0.5, 0.6) is 0 Å². The zero-order valence-electron chi connectivity index (χ0n) is 12.0. The minimum absolute atomic E-state index is 0.815. The highest BCUT2D eigenvalue weighted by Crippen LogP contribution is 2.11. The second-order valence-electron chi connectivity index (χ2n) is 5.53. The van der Waals surface area contributed by atoms with E-state index in [1.54, 1.807) is 0 Å². The highest BCUT2D eigenvalue weighted by molar-refractivity contribution is 4.74. The number of nitrogens with one attached hydrogen (secondary N) is 1. The monoisotopic (exact) mass is 241 g/mol. The molecule has 1 saturated heterocycles. The maximum Gasteiger partial charge on any atom is 0.00680 e. The molecule has 1 atom stereocenters. The van der Waals surface area contributed by atoms with Gasteiger partial charge in [-0.05, 0) is 78.9 Å². The molecule has 1 heterocycles. The Morgan fingerprint density at radius 1 is 1.12 bits per heavy atom. The van der Waals surface area contributed by atoms with E-state index >= 15 is 0 Å². The van der Waals surface area contributed by atoms with Gasteiger partial charge in [-0.3, -0.25) is 0 Å². The Hall–Kier alpha value is -0.120. The molecule has 0 aromatic rings. The molecule has 1 aliphatic heterocycles. The summed E-state index contributed by atoms with van der Waals surface area (Å²) < 4.78 is 0. The number of hydrogen-bond acceptors (Lipinski definition) is 3. The summed E-state index contributed by atoms with van der Waals surface area (Å²) in [6, 6.07) is 0.815. The topological polar surface area (TPSA) is 18.5 Å². The summed E-state index contributed by atoms with van der Waals surface area (Å²) in [7, 11) is 4.31. The van der Waals surface area contributed by atoms with Crippen LogP contribution in [0.15, 0.2) is 0 Å². The van der Waals surface area contributed by atoms with Crippen LogP contribution in [0.25, 0.3) is 0 Å². The minimum Gasteiger partial charge on any atom is -0.314 e. The van der Waals surface area contributed by atoms with Crippen LogP contribution in [-0.2, 0) is 0 Å². The Kier molecular flexibility index (Phi) is 7.82. The minimum atomic E-state index is 0.815. The Morgan fingerprint density at radius 2 is 1.88 bits per heavy atom. The van der Waals surface area contributed by atoms with Gasteiger partial charge in [-0.15, -0.1) is 0 Å². The summed E-state index contributed by atoms with van der Waals surface area (Å²) in [5, 5.41) is 3.58. The van der Waals surface area contributed by atoms with Gasteiger partial charge in [-0.25, -0.2) is 0 Å². The van der Waals surface area contributed by atoms with Crippen molar-refractivity contribution in [2.75, 3.05) is 46.8 Å². The predicted molar refractivity (Wildman–Crippen MR) is 75.5 cm³/mol. The smallest absolute Gasteiger partial charge is 0.00680 e. The maximum absolute atomic E-state index is 3.58. The fourth-order valence-electron chi connectivity index (χ4n) is 2.60. The first-order chi connectivity index (χ1) is 8.22. The molecule has 1 fully saturated rings. The quantitative estimate of drug-likeness (QED) is 0.664. The standard InChI is InChI=1S/C14H31N3/c1-4-17(13-7-11-16(2)3)12-6-9-14-8-5-10-15-14/h14-15H,4-13H2,1-3H3. The summed E-state index contributed by atoms with van der Waals surface area (Å²) in [5.41, 5.74) is 0. The third kappa shape index (κ3) is 7.02. The summed E-state index contributed by atoms with van der Waals surface area (Å²) >= 11 is 0. The van der Waals surface area contributed by atoms with Crippen molar-refractivity contribution < 1.29 is 0 Å². The van der Waals surface area contributed by atoms with Crippen molar-refractivity contribution in [3.05, 3.63) is 0 Å². The predicted octanol–water partition coefficient (Wildman–Crippen LogP) is 1.79. The van der Waals surface area contributed by atoms with E-state index in [4.69, 9.17) is 0 Å². The van der Waals surface area contributed by atoms with Gasteiger partial charge in [0, 0.05) is 6.04 Å². The van der Waals surface area contributed by atoms with E-state index in [0.717, 1.165) is 6.04 Å². The van der Waals surface area contributed by atoms with Crippen LogP contribution in [0.3, 0.4) is 0 Å². The summed E-state index contributed by atoms with van der Waals surface area (Å²) in [5.74, 6) is 0. The van der Waals surface area contributed by atoms with Gasteiger partial charge < -0.3 is 15.1 Å². The molecule has 1 aliphatic rings. The van der Waals surface area contributed by atoms with Crippen molar-refractivity contribution in [3.8, 4) is 0 Å². The average molecular weight is 241 g/mol. The van der Waals surface area contributed by atoms with Gasteiger partial charge in [-0.1, -0.05) is 6.92 Å². The molecule has 0 amide bonds. The van der Waals surface area contributed by atoms with Crippen LogP contribution in [0, 0.1) is 0 Å². The molecule has 1 unspecified atom stereocenters. The van der Waals surface area contributed by atoms with E-state index < -0.39 is 0 Å². The maximum atomic E-state index is 3.58. The fourth-order valence-corrected chi connectivity index (χ4v) is 2.60. The number of hydrogen-bond donors (Lipinski definition) is 1. The Labute approximate surface area is 108 Å². The van der Waals surface area contributed by atoms with Crippen molar-refractivity contribution in [2.45, 2.75) is 45.1 Å². The number of nitrogens with zero attached hydrogens (tertiary/aromatic N) is 2. The molecule has 0 aliphatic carbocycles. The molecule has 0 radical (unpaired) electrons.